The number of methoxy groups -OCH3 is 2. The summed E-state index contributed by atoms with van der Waals surface area (Å²) in [6.07, 6.45) is 0. The summed E-state index contributed by atoms with van der Waals surface area (Å²) in [4.78, 5) is 9.26. The van der Waals surface area contributed by atoms with Crippen LogP contribution in [0.3, 0.4) is 0 Å². The third kappa shape index (κ3) is 3.25. The van der Waals surface area contributed by atoms with Crippen LogP contribution in [-0.4, -0.2) is 30.2 Å². The Balaban J connectivity index is 2.14. The Kier molecular flexibility index (Phi) is 4.78. The molecule has 0 aliphatic rings. The first-order valence-electron chi connectivity index (χ1n) is 7.48. The molecule has 0 atom stereocenters. The van der Waals surface area contributed by atoms with Crippen molar-refractivity contribution in [3.63, 3.8) is 0 Å². The van der Waals surface area contributed by atoms with Crippen LogP contribution >= 0.6 is 22.9 Å². The fourth-order valence-electron chi connectivity index (χ4n) is 2.36. The predicted octanol–water partition coefficient (Wildman–Crippen LogP) is 4.85. The summed E-state index contributed by atoms with van der Waals surface area (Å²) in [6.45, 7) is 4.11. The average molecular weight is 364 g/mol. The summed E-state index contributed by atoms with van der Waals surface area (Å²) in [5.74, 6) is 1.46. The zero-order chi connectivity index (χ0) is 17.3. The van der Waals surface area contributed by atoms with Crippen molar-refractivity contribution in [2.24, 2.45) is 0 Å². The summed E-state index contributed by atoms with van der Waals surface area (Å²) in [5.41, 5.74) is 2.09. The molecular weight excluding hydrogens is 346 g/mol. The molecule has 126 valence electrons. The molecule has 0 saturated heterocycles. The SMILES string of the molecule is COc1ccc2c(OC)cc(-c3nc(NC(C)C)sc3Cl)nc2c1. The lowest BCUT2D eigenvalue weighted by molar-refractivity contribution is 0.414. The quantitative estimate of drug-likeness (QED) is 0.702. The zero-order valence-electron chi connectivity index (χ0n) is 13.9. The number of benzene rings is 1. The molecule has 0 saturated carbocycles. The van der Waals surface area contributed by atoms with Crippen molar-refractivity contribution in [2.75, 3.05) is 19.5 Å². The van der Waals surface area contributed by atoms with Gasteiger partial charge in [0.05, 0.1) is 25.4 Å². The second-order valence-corrected chi connectivity index (χ2v) is 7.13. The van der Waals surface area contributed by atoms with Crippen LogP contribution in [0.2, 0.25) is 4.34 Å². The maximum absolute atomic E-state index is 6.38. The van der Waals surface area contributed by atoms with Gasteiger partial charge in [0.1, 0.15) is 21.5 Å². The number of pyridine rings is 1. The van der Waals surface area contributed by atoms with Gasteiger partial charge in [0.2, 0.25) is 0 Å². The first-order chi connectivity index (χ1) is 11.5. The number of thiazole rings is 1. The summed E-state index contributed by atoms with van der Waals surface area (Å²) < 4.78 is 11.4. The van der Waals surface area contributed by atoms with Crippen molar-refractivity contribution in [2.45, 2.75) is 19.9 Å². The van der Waals surface area contributed by atoms with Gasteiger partial charge in [-0.1, -0.05) is 22.9 Å². The molecule has 0 spiro atoms. The van der Waals surface area contributed by atoms with Gasteiger partial charge in [0, 0.05) is 23.6 Å². The minimum absolute atomic E-state index is 0.281. The molecular formula is C17H18ClN3O2S. The largest absolute Gasteiger partial charge is 0.497 e. The molecule has 0 bridgehead atoms. The number of halogens is 1. The van der Waals surface area contributed by atoms with Crippen molar-refractivity contribution < 1.29 is 9.47 Å². The number of anilines is 1. The third-order valence-corrected chi connectivity index (χ3v) is 4.63. The summed E-state index contributed by atoms with van der Waals surface area (Å²) in [7, 11) is 3.26. The number of aromatic nitrogens is 2. The fourth-order valence-corrected chi connectivity index (χ4v) is 3.57. The van der Waals surface area contributed by atoms with Crippen LogP contribution in [0, 0.1) is 0 Å². The van der Waals surface area contributed by atoms with E-state index in [1.54, 1.807) is 14.2 Å². The second-order valence-electron chi connectivity index (χ2n) is 5.53. The van der Waals surface area contributed by atoms with E-state index in [0.29, 0.717) is 15.7 Å². The van der Waals surface area contributed by atoms with E-state index in [9.17, 15) is 0 Å². The lowest BCUT2D eigenvalue weighted by atomic mass is 10.1. The highest BCUT2D eigenvalue weighted by Crippen LogP contribution is 2.38. The molecule has 0 aliphatic heterocycles. The van der Waals surface area contributed by atoms with Gasteiger partial charge in [-0.25, -0.2) is 9.97 Å². The second kappa shape index (κ2) is 6.83. The van der Waals surface area contributed by atoms with E-state index in [0.717, 1.165) is 27.5 Å². The molecule has 1 N–H and O–H groups in total. The number of hydrogen-bond acceptors (Lipinski definition) is 6. The van der Waals surface area contributed by atoms with Gasteiger partial charge >= 0.3 is 0 Å². The van der Waals surface area contributed by atoms with Gasteiger partial charge in [-0.15, -0.1) is 0 Å². The minimum atomic E-state index is 0.281. The normalized spacial score (nSPS) is 11.1. The predicted molar refractivity (Wildman–Crippen MR) is 99.7 cm³/mol. The van der Waals surface area contributed by atoms with Crippen LogP contribution in [-0.2, 0) is 0 Å². The van der Waals surface area contributed by atoms with Crippen molar-refractivity contribution in [1.82, 2.24) is 9.97 Å². The Morgan fingerprint density at radius 2 is 1.92 bits per heavy atom. The van der Waals surface area contributed by atoms with E-state index in [1.165, 1.54) is 11.3 Å². The van der Waals surface area contributed by atoms with Gasteiger partial charge in [0.15, 0.2) is 5.13 Å². The Morgan fingerprint density at radius 1 is 1.12 bits per heavy atom. The van der Waals surface area contributed by atoms with Crippen molar-refractivity contribution >= 4 is 39.0 Å². The summed E-state index contributed by atoms with van der Waals surface area (Å²) >= 11 is 7.78. The molecule has 3 aromatic rings. The third-order valence-electron chi connectivity index (χ3n) is 3.44. The van der Waals surface area contributed by atoms with E-state index in [-0.39, 0.29) is 6.04 Å². The number of ether oxygens (including phenoxy) is 2. The molecule has 0 unspecified atom stereocenters. The number of fused-ring (bicyclic) bond motifs is 1. The van der Waals surface area contributed by atoms with E-state index in [2.05, 4.69) is 29.1 Å². The van der Waals surface area contributed by atoms with Crippen molar-refractivity contribution in [3.8, 4) is 22.9 Å². The van der Waals surface area contributed by atoms with Gasteiger partial charge in [-0.3, -0.25) is 0 Å². The van der Waals surface area contributed by atoms with Gasteiger partial charge in [0.25, 0.3) is 0 Å². The molecule has 5 nitrogen and oxygen atoms in total. The number of rotatable bonds is 5. The highest BCUT2D eigenvalue weighted by atomic mass is 35.5. The van der Waals surface area contributed by atoms with Gasteiger partial charge in [-0.05, 0) is 26.0 Å². The van der Waals surface area contributed by atoms with Gasteiger partial charge in [-0.2, -0.15) is 0 Å². The first kappa shape index (κ1) is 16.8. The van der Waals surface area contributed by atoms with E-state index >= 15 is 0 Å². The molecule has 0 radical (unpaired) electrons. The molecule has 0 amide bonds. The van der Waals surface area contributed by atoms with Crippen LogP contribution in [0.1, 0.15) is 13.8 Å². The highest BCUT2D eigenvalue weighted by molar-refractivity contribution is 7.20. The topological polar surface area (TPSA) is 56.3 Å². The van der Waals surface area contributed by atoms with Crippen molar-refractivity contribution in [1.29, 1.82) is 0 Å². The maximum atomic E-state index is 6.38. The summed E-state index contributed by atoms with van der Waals surface area (Å²) in [6, 6.07) is 7.82. The molecule has 2 heterocycles. The standard InChI is InChI=1S/C17H18ClN3O2S/c1-9(2)19-17-21-15(16(18)24-17)13-8-14(23-4)11-6-5-10(22-3)7-12(11)20-13/h5-9H,1-4H3,(H,19,21). The smallest absolute Gasteiger partial charge is 0.184 e. The number of hydrogen-bond donors (Lipinski definition) is 1. The lowest BCUT2D eigenvalue weighted by Crippen LogP contribution is -2.09. The van der Waals surface area contributed by atoms with E-state index in [1.807, 2.05) is 24.3 Å². The Labute approximate surface area is 149 Å². The van der Waals surface area contributed by atoms with Crippen LogP contribution in [0.5, 0.6) is 11.5 Å². The fraction of sp³-hybridized carbons (Fsp3) is 0.294. The molecule has 0 aliphatic carbocycles. The lowest BCUT2D eigenvalue weighted by Gasteiger charge is -2.09. The maximum Gasteiger partial charge on any atom is 0.184 e. The molecule has 24 heavy (non-hydrogen) atoms. The monoisotopic (exact) mass is 363 g/mol. The number of nitrogens with one attached hydrogen (secondary N) is 1. The van der Waals surface area contributed by atoms with Crippen LogP contribution in [0.15, 0.2) is 24.3 Å². The molecule has 2 aromatic heterocycles. The zero-order valence-corrected chi connectivity index (χ0v) is 15.5. The van der Waals surface area contributed by atoms with Crippen LogP contribution < -0.4 is 14.8 Å². The van der Waals surface area contributed by atoms with Crippen LogP contribution in [0.4, 0.5) is 5.13 Å². The molecule has 7 heteroatoms. The first-order valence-corrected chi connectivity index (χ1v) is 8.67. The Bertz CT molecular complexity index is 880. The van der Waals surface area contributed by atoms with Crippen LogP contribution in [0.25, 0.3) is 22.3 Å². The van der Waals surface area contributed by atoms with Crippen molar-refractivity contribution in [3.05, 3.63) is 28.6 Å². The number of nitrogens with zero attached hydrogens (tertiary/aromatic N) is 2. The van der Waals surface area contributed by atoms with E-state index < -0.39 is 0 Å². The highest BCUT2D eigenvalue weighted by Gasteiger charge is 2.16. The molecule has 3 rings (SSSR count). The van der Waals surface area contributed by atoms with Gasteiger partial charge < -0.3 is 14.8 Å². The average Bonchev–Trinajstić information content (AvgIpc) is 2.92. The van der Waals surface area contributed by atoms with E-state index in [4.69, 9.17) is 21.1 Å². The Morgan fingerprint density at radius 3 is 2.58 bits per heavy atom. The molecule has 0 fully saturated rings. The molecule has 1 aromatic carbocycles. The Hall–Kier alpha value is -2.05. The minimum Gasteiger partial charge on any atom is -0.497 e. The summed E-state index contributed by atoms with van der Waals surface area (Å²) in [5, 5.41) is 4.95.